The first-order valence-corrected chi connectivity index (χ1v) is 9.80. The number of amides is 1. The zero-order chi connectivity index (χ0) is 17.9. The summed E-state index contributed by atoms with van der Waals surface area (Å²) in [4.78, 5) is 24.3. The Hall–Kier alpha value is -2.47. The van der Waals surface area contributed by atoms with Crippen molar-refractivity contribution in [3.05, 3.63) is 69.8 Å². The molecule has 6 heteroatoms. The molecule has 0 aliphatic carbocycles. The average Bonchev–Trinajstić information content (AvgIpc) is 3.31. The van der Waals surface area contributed by atoms with Crippen LogP contribution in [0.3, 0.4) is 0 Å². The molecular weight excluding hydrogens is 346 g/mol. The predicted octanol–water partition coefficient (Wildman–Crippen LogP) is 4.40. The van der Waals surface area contributed by atoms with E-state index in [-0.39, 0.29) is 11.9 Å². The van der Waals surface area contributed by atoms with Crippen LogP contribution in [0.1, 0.15) is 57.9 Å². The highest BCUT2D eigenvalue weighted by Gasteiger charge is 2.33. The maximum Gasteiger partial charge on any atom is 0.266 e. The second-order valence-corrected chi connectivity index (χ2v) is 7.46. The first-order valence-electron chi connectivity index (χ1n) is 8.92. The molecule has 0 N–H and O–H groups in total. The topological polar surface area (TPSA) is 59.2 Å². The zero-order valence-corrected chi connectivity index (χ0v) is 15.5. The molecule has 1 aliphatic heterocycles. The second-order valence-electron chi connectivity index (χ2n) is 6.60. The van der Waals surface area contributed by atoms with Gasteiger partial charge in [0, 0.05) is 13.0 Å². The molecule has 1 amide bonds. The van der Waals surface area contributed by atoms with Crippen molar-refractivity contribution >= 4 is 17.2 Å². The lowest BCUT2D eigenvalue weighted by Gasteiger charge is -2.33. The Morgan fingerprint density at radius 3 is 2.88 bits per heavy atom. The van der Waals surface area contributed by atoms with E-state index in [0.717, 1.165) is 37.3 Å². The van der Waals surface area contributed by atoms with E-state index in [0.29, 0.717) is 17.2 Å². The number of piperidine rings is 1. The van der Waals surface area contributed by atoms with E-state index in [9.17, 15) is 4.79 Å². The van der Waals surface area contributed by atoms with Gasteiger partial charge in [-0.2, -0.15) is 0 Å². The molecule has 3 heterocycles. The highest BCUT2D eigenvalue weighted by atomic mass is 32.1. The summed E-state index contributed by atoms with van der Waals surface area (Å²) < 4.78 is 6.04. The van der Waals surface area contributed by atoms with Gasteiger partial charge in [0.1, 0.15) is 16.7 Å². The molecule has 1 aromatic carbocycles. The van der Waals surface area contributed by atoms with Crippen molar-refractivity contribution in [2.24, 2.45) is 0 Å². The molecule has 0 radical (unpaired) electrons. The summed E-state index contributed by atoms with van der Waals surface area (Å²) in [5, 5.41) is 0. The number of nitrogens with zero attached hydrogens (tertiary/aromatic N) is 3. The van der Waals surface area contributed by atoms with Crippen LogP contribution in [0.15, 0.2) is 46.5 Å². The minimum atomic E-state index is -0.0951. The Bertz CT molecular complexity index is 887. The number of aromatic nitrogens is 2. The van der Waals surface area contributed by atoms with Gasteiger partial charge in [-0.1, -0.05) is 30.3 Å². The van der Waals surface area contributed by atoms with Crippen molar-refractivity contribution in [3.8, 4) is 0 Å². The standard InChI is InChI=1S/C20H21N3O2S/c1-14-18(26-13-22-14)20(24)23-10-6-5-9-17(23)19-21-12-16(25-19)11-15-7-3-2-4-8-15/h2-4,7-8,12-13,17H,5-6,9-11H2,1H3/t17-/m0/s1. The quantitative estimate of drug-likeness (QED) is 0.686. The number of carbonyl (C=O) groups excluding carboxylic acids is 1. The zero-order valence-electron chi connectivity index (χ0n) is 14.7. The first-order chi connectivity index (χ1) is 12.7. The van der Waals surface area contributed by atoms with Gasteiger partial charge < -0.3 is 9.32 Å². The maximum atomic E-state index is 13.0. The normalized spacial score (nSPS) is 17.4. The molecule has 3 aromatic rings. The lowest BCUT2D eigenvalue weighted by molar-refractivity contribution is 0.0574. The fourth-order valence-corrected chi connectivity index (χ4v) is 4.18. The van der Waals surface area contributed by atoms with E-state index in [4.69, 9.17) is 4.42 Å². The number of hydrogen-bond donors (Lipinski definition) is 0. The van der Waals surface area contributed by atoms with Gasteiger partial charge in [-0.15, -0.1) is 11.3 Å². The molecule has 1 atom stereocenters. The minimum Gasteiger partial charge on any atom is -0.443 e. The predicted molar refractivity (Wildman–Crippen MR) is 100 cm³/mol. The summed E-state index contributed by atoms with van der Waals surface area (Å²) >= 11 is 1.40. The van der Waals surface area contributed by atoms with Crippen LogP contribution in [0, 0.1) is 6.92 Å². The van der Waals surface area contributed by atoms with Gasteiger partial charge >= 0.3 is 0 Å². The number of likely N-dealkylation sites (tertiary alicyclic amines) is 1. The second kappa shape index (κ2) is 7.41. The number of rotatable bonds is 4. The molecule has 2 aromatic heterocycles. The van der Waals surface area contributed by atoms with Crippen molar-refractivity contribution in [2.45, 2.75) is 38.6 Å². The smallest absolute Gasteiger partial charge is 0.266 e. The summed E-state index contributed by atoms with van der Waals surface area (Å²) in [6, 6.07) is 10.1. The Kier molecular flexibility index (Phi) is 4.84. The Morgan fingerprint density at radius 1 is 1.27 bits per heavy atom. The van der Waals surface area contributed by atoms with E-state index >= 15 is 0 Å². The number of benzene rings is 1. The largest absolute Gasteiger partial charge is 0.443 e. The van der Waals surface area contributed by atoms with Gasteiger partial charge in [-0.3, -0.25) is 4.79 Å². The number of hydrogen-bond acceptors (Lipinski definition) is 5. The lowest BCUT2D eigenvalue weighted by Crippen LogP contribution is -2.38. The molecule has 0 unspecified atom stereocenters. The fourth-order valence-electron chi connectivity index (χ4n) is 3.42. The number of oxazole rings is 1. The molecule has 0 spiro atoms. The van der Waals surface area contributed by atoms with Crippen LogP contribution in [0.25, 0.3) is 0 Å². The lowest BCUT2D eigenvalue weighted by atomic mass is 10.0. The molecule has 4 rings (SSSR count). The van der Waals surface area contributed by atoms with Gasteiger partial charge in [0.05, 0.1) is 17.4 Å². The molecule has 1 fully saturated rings. The number of thiazole rings is 1. The first kappa shape index (κ1) is 17.0. The molecule has 0 bridgehead atoms. The summed E-state index contributed by atoms with van der Waals surface area (Å²) in [6.07, 6.45) is 5.47. The van der Waals surface area contributed by atoms with Crippen LogP contribution in [-0.4, -0.2) is 27.3 Å². The van der Waals surface area contributed by atoms with Crippen molar-refractivity contribution in [2.75, 3.05) is 6.54 Å². The van der Waals surface area contributed by atoms with Crippen molar-refractivity contribution < 1.29 is 9.21 Å². The summed E-state index contributed by atoms with van der Waals surface area (Å²) in [7, 11) is 0. The molecule has 1 saturated heterocycles. The van der Waals surface area contributed by atoms with Gasteiger partial charge in [0.25, 0.3) is 5.91 Å². The highest BCUT2D eigenvalue weighted by molar-refractivity contribution is 7.11. The van der Waals surface area contributed by atoms with Crippen molar-refractivity contribution in [1.82, 2.24) is 14.9 Å². The van der Waals surface area contributed by atoms with Crippen LogP contribution < -0.4 is 0 Å². The fraction of sp³-hybridized carbons (Fsp3) is 0.350. The van der Waals surface area contributed by atoms with Crippen molar-refractivity contribution in [3.63, 3.8) is 0 Å². The summed E-state index contributed by atoms with van der Waals surface area (Å²) in [6.45, 7) is 2.61. The van der Waals surface area contributed by atoms with E-state index in [2.05, 4.69) is 22.1 Å². The van der Waals surface area contributed by atoms with Gasteiger partial charge in [0.2, 0.25) is 5.89 Å². The molecular formula is C20H21N3O2S. The third-order valence-corrected chi connectivity index (χ3v) is 5.70. The van der Waals surface area contributed by atoms with Crippen LogP contribution >= 0.6 is 11.3 Å². The van der Waals surface area contributed by atoms with Gasteiger partial charge in [0.15, 0.2) is 0 Å². The molecule has 134 valence electrons. The van der Waals surface area contributed by atoms with E-state index in [1.54, 1.807) is 11.7 Å². The SMILES string of the molecule is Cc1ncsc1C(=O)N1CCCC[C@H]1c1ncc(Cc2ccccc2)o1. The molecule has 1 aliphatic rings. The van der Waals surface area contributed by atoms with E-state index in [1.807, 2.05) is 30.0 Å². The van der Waals surface area contributed by atoms with Crippen LogP contribution in [0.5, 0.6) is 0 Å². The Balaban J connectivity index is 1.55. The highest BCUT2D eigenvalue weighted by Crippen LogP contribution is 2.33. The number of aryl methyl sites for hydroxylation is 1. The molecule has 26 heavy (non-hydrogen) atoms. The third kappa shape index (κ3) is 3.42. The minimum absolute atomic E-state index is 0.0394. The summed E-state index contributed by atoms with van der Waals surface area (Å²) in [5.74, 6) is 1.52. The van der Waals surface area contributed by atoms with Crippen LogP contribution in [0.4, 0.5) is 0 Å². The maximum absolute atomic E-state index is 13.0. The van der Waals surface area contributed by atoms with Crippen LogP contribution in [-0.2, 0) is 6.42 Å². The molecule has 5 nitrogen and oxygen atoms in total. The average molecular weight is 367 g/mol. The third-order valence-electron chi connectivity index (χ3n) is 4.78. The summed E-state index contributed by atoms with van der Waals surface area (Å²) in [5.41, 5.74) is 3.71. The van der Waals surface area contributed by atoms with E-state index < -0.39 is 0 Å². The number of carbonyl (C=O) groups is 1. The van der Waals surface area contributed by atoms with Gasteiger partial charge in [-0.25, -0.2) is 9.97 Å². The van der Waals surface area contributed by atoms with Crippen molar-refractivity contribution in [1.29, 1.82) is 0 Å². The van der Waals surface area contributed by atoms with Crippen LogP contribution in [0.2, 0.25) is 0 Å². The van der Waals surface area contributed by atoms with E-state index in [1.165, 1.54) is 16.9 Å². The Morgan fingerprint density at radius 2 is 2.12 bits per heavy atom. The molecule has 0 saturated carbocycles. The monoisotopic (exact) mass is 367 g/mol. The Labute approximate surface area is 156 Å². The van der Waals surface area contributed by atoms with Gasteiger partial charge in [-0.05, 0) is 31.7 Å².